The lowest BCUT2D eigenvalue weighted by Gasteiger charge is -2.16. The molecule has 4 aromatic rings. The van der Waals surface area contributed by atoms with Gasteiger partial charge in [-0.15, -0.1) is 0 Å². The lowest BCUT2D eigenvalue weighted by Crippen LogP contribution is -2.28. The van der Waals surface area contributed by atoms with Crippen LogP contribution in [0.4, 0.5) is 5.95 Å². The fraction of sp³-hybridized carbons (Fsp3) is 0.296. The van der Waals surface area contributed by atoms with Crippen LogP contribution < -0.4 is 16.2 Å². The first-order valence-corrected chi connectivity index (χ1v) is 11.9. The Morgan fingerprint density at radius 1 is 1.00 bits per heavy atom. The maximum atomic E-state index is 13.5. The van der Waals surface area contributed by atoms with Gasteiger partial charge in [0, 0.05) is 60.5 Å². The summed E-state index contributed by atoms with van der Waals surface area (Å²) in [5.41, 5.74) is 7.74. The van der Waals surface area contributed by atoms with E-state index in [9.17, 15) is 9.59 Å². The maximum Gasteiger partial charge on any atom is 0.253 e. The number of anilines is 1. The van der Waals surface area contributed by atoms with Crippen LogP contribution in [0.25, 0.3) is 22.4 Å². The van der Waals surface area contributed by atoms with Crippen LogP contribution in [0.5, 0.6) is 0 Å². The van der Waals surface area contributed by atoms with Gasteiger partial charge >= 0.3 is 0 Å². The minimum Gasteiger partial charge on any atom is -0.355 e. The zero-order valence-electron chi connectivity index (χ0n) is 21.5. The number of nitrogens with one attached hydrogen (secondary N) is 3. The molecule has 0 aliphatic rings. The molecule has 0 aliphatic heterocycles. The molecule has 36 heavy (non-hydrogen) atoms. The number of aryl methyl sites for hydroxylation is 4. The minimum atomic E-state index is -0.264. The van der Waals surface area contributed by atoms with E-state index in [1.807, 2.05) is 70.7 Å². The third kappa shape index (κ3) is 4.91. The summed E-state index contributed by atoms with van der Waals surface area (Å²) in [7, 11) is 1.88. The lowest BCUT2D eigenvalue weighted by atomic mass is 9.92. The van der Waals surface area contributed by atoms with E-state index in [2.05, 4.69) is 30.7 Å². The highest BCUT2D eigenvalue weighted by atomic mass is 16.1. The van der Waals surface area contributed by atoms with E-state index >= 15 is 0 Å². The molecule has 0 atom stereocenters. The highest BCUT2D eigenvalue weighted by molar-refractivity contribution is 5.99. The zero-order chi connectivity index (χ0) is 26.0. The van der Waals surface area contributed by atoms with E-state index in [0.717, 1.165) is 51.3 Å². The number of amides is 1. The first-order chi connectivity index (χ1) is 17.2. The van der Waals surface area contributed by atoms with Crippen molar-refractivity contribution in [3.05, 3.63) is 80.7 Å². The molecule has 9 nitrogen and oxygen atoms in total. The number of hydrogen-bond acceptors (Lipinski definition) is 6. The monoisotopic (exact) mass is 485 g/mol. The molecule has 0 aliphatic carbocycles. The highest BCUT2D eigenvalue weighted by Crippen LogP contribution is 2.33. The number of aromatic amines is 1. The van der Waals surface area contributed by atoms with Crippen LogP contribution in [-0.4, -0.2) is 37.2 Å². The van der Waals surface area contributed by atoms with Gasteiger partial charge in [0.1, 0.15) is 0 Å². The average molecular weight is 486 g/mol. The number of H-pyrrole nitrogens is 1. The highest BCUT2D eigenvalue weighted by Gasteiger charge is 2.20. The Morgan fingerprint density at radius 2 is 1.72 bits per heavy atom. The van der Waals surface area contributed by atoms with Crippen molar-refractivity contribution in [3.8, 4) is 22.4 Å². The number of rotatable bonds is 7. The fourth-order valence-corrected chi connectivity index (χ4v) is 4.39. The van der Waals surface area contributed by atoms with Gasteiger partial charge in [0.05, 0.1) is 11.9 Å². The van der Waals surface area contributed by atoms with Crippen LogP contribution in [0.15, 0.2) is 41.6 Å². The van der Waals surface area contributed by atoms with Crippen LogP contribution in [-0.2, 0) is 13.6 Å². The number of hydrogen-bond donors (Lipinski definition) is 3. The molecule has 0 saturated heterocycles. The Morgan fingerprint density at radius 3 is 2.33 bits per heavy atom. The van der Waals surface area contributed by atoms with Crippen LogP contribution in [0.1, 0.15) is 45.2 Å². The number of pyridine rings is 1. The Kier molecular flexibility index (Phi) is 7.00. The number of nitrogens with zero attached hydrogens (tertiary/aromatic N) is 4. The van der Waals surface area contributed by atoms with E-state index in [1.54, 1.807) is 12.4 Å². The molecule has 0 spiro atoms. The number of carbonyl (C=O) groups is 1. The second-order valence-electron chi connectivity index (χ2n) is 8.95. The topological polar surface area (TPSA) is 118 Å². The van der Waals surface area contributed by atoms with Gasteiger partial charge in [0.2, 0.25) is 5.95 Å². The van der Waals surface area contributed by atoms with Gasteiger partial charge in [-0.2, -0.15) is 5.10 Å². The second kappa shape index (κ2) is 10.2. The molecular weight excluding hydrogens is 454 g/mol. The van der Waals surface area contributed by atoms with Gasteiger partial charge in [0.25, 0.3) is 11.5 Å². The molecule has 0 saturated carbocycles. The molecule has 9 heteroatoms. The van der Waals surface area contributed by atoms with Crippen molar-refractivity contribution in [2.45, 2.75) is 41.2 Å². The minimum absolute atomic E-state index is 0.129. The standard InChI is InChI=1S/C27H31N7O2/c1-7-28-27-30-12-20(13-31-27)19-9-21(24-16(3)11-32-34(24)6)18(5)22(10-19)25(35)29-14-23-15(2)8-17(4)33-26(23)36/h8-13H,7,14H2,1-6H3,(H,29,35)(H,33,36)(H,28,30,31). The van der Waals surface area contributed by atoms with Crippen molar-refractivity contribution in [1.82, 2.24) is 30.0 Å². The fourth-order valence-electron chi connectivity index (χ4n) is 4.39. The van der Waals surface area contributed by atoms with Gasteiger partial charge in [0.15, 0.2) is 0 Å². The Labute approximate surface area is 210 Å². The lowest BCUT2D eigenvalue weighted by molar-refractivity contribution is 0.0950. The molecule has 1 aromatic carbocycles. The molecule has 186 valence electrons. The molecule has 3 aromatic heterocycles. The third-order valence-electron chi connectivity index (χ3n) is 6.27. The van der Waals surface area contributed by atoms with Crippen molar-refractivity contribution < 1.29 is 4.79 Å². The first kappa shape index (κ1) is 24.8. The van der Waals surface area contributed by atoms with Crippen LogP contribution in [0, 0.1) is 27.7 Å². The number of benzene rings is 1. The third-order valence-corrected chi connectivity index (χ3v) is 6.27. The maximum absolute atomic E-state index is 13.5. The molecule has 3 heterocycles. The first-order valence-electron chi connectivity index (χ1n) is 11.9. The van der Waals surface area contributed by atoms with Gasteiger partial charge in [-0.3, -0.25) is 14.3 Å². The predicted molar refractivity (Wildman–Crippen MR) is 141 cm³/mol. The van der Waals surface area contributed by atoms with E-state index in [4.69, 9.17) is 0 Å². The van der Waals surface area contributed by atoms with E-state index < -0.39 is 0 Å². The average Bonchev–Trinajstić information content (AvgIpc) is 3.17. The van der Waals surface area contributed by atoms with Crippen molar-refractivity contribution in [2.24, 2.45) is 7.05 Å². The largest absolute Gasteiger partial charge is 0.355 e. The molecule has 0 unspecified atom stereocenters. The predicted octanol–water partition coefficient (Wildman–Crippen LogP) is 3.83. The molecule has 4 rings (SSSR count). The van der Waals surface area contributed by atoms with E-state index in [1.165, 1.54) is 0 Å². The van der Waals surface area contributed by atoms with E-state index in [0.29, 0.717) is 17.1 Å². The van der Waals surface area contributed by atoms with Gasteiger partial charge < -0.3 is 15.6 Å². The smallest absolute Gasteiger partial charge is 0.253 e. The molecule has 0 fully saturated rings. The number of aromatic nitrogens is 5. The molecule has 3 N–H and O–H groups in total. The Balaban J connectivity index is 1.77. The molecule has 1 amide bonds. The van der Waals surface area contributed by atoms with Crippen molar-refractivity contribution in [3.63, 3.8) is 0 Å². The molecule has 0 radical (unpaired) electrons. The summed E-state index contributed by atoms with van der Waals surface area (Å²) in [6.07, 6.45) is 5.29. The Bertz CT molecular complexity index is 1460. The normalized spacial score (nSPS) is 10.9. The SMILES string of the molecule is CCNc1ncc(-c2cc(C(=O)NCc3c(C)cc(C)[nH]c3=O)c(C)c(-c3c(C)cnn3C)c2)cn1. The summed E-state index contributed by atoms with van der Waals surface area (Å²) in [5.74, 6) is 0.285. The van der Waals surface area contributed by atoms with Gasteiger partial charge in [-0.25, -0.2) is 9.97 Å². The summed E-state index contributed by atoms with van der Waals surface area (Å²) in [6, 6.07) is 5.78. The molecule has 0 bridgehead atoms. The van der Waals surface area contributed by atoms with Crippen molar-refractivity contribution >= 4 is 11.9 Å². The summed E-state index contributed by atoms with van der Waals surface area (Å²) in [5, 5.41) is 10.4. The van der Waals surface area contributed by atoms with Crippen LogP contribution in [0.3, 0.4) is 0 Å². The summed E-state index contributed by atoms with van der Waals surface area (Å²) < 4.78 is 1.81. The van der Waals surface area contributed by atoms with Crippen LogP contribution in [0.2, 0.25) is 0 Å². The van der Waals surface area contributed by atoms with Crippen LogP contribution >= 0.6 is 0 Å². The zero-order valence-corrected chi connectivity index (χ0v) is 21.5. The molecular formula is C27H31N7O2. The second-order valence-corrected chi connectivity index (χ2v) is 8.95. The summed E-state index contributed by atoms with van der Waals surface area (Å²) in [6.45, 7) is 10.5. The quantitative estimate of drug-likeness (QED) is 0.366. The van der Waals surface area contributed by atoms with E-state index in [-0.39, 0.29) is 18.0 Å². The van der Waals surface area contributed by atoms with Crippen molar-refractivity contribution in [2.75, 3.05) is 11.9 Å². The van der Waals surface area contributed by atoms with Gasteiger partial charge in [-0.05, 0) is 75.1 Å². The van der Waals surface area contributed by atoms with Crippen molar-refractivity contribution in [1.29, 1.82) is 0 Å². The van der Waals surface area contributed by atoms with Gasteiger partial charge in [-0.1, -0.05) is 0 Å². The summed E-state index contributed by atoms with van der Waals surface area (Å²) >= 11 is 0. The summed E-state index contributed by atoms with van der Waals surface area (Å²) in [4.78, 5) is 37.5. The Hall–Kier alpha value is -4.27. The number of carbonyl (C=O) groups excluding carboxylic acids is 1.